The Morgan fingerprint density at radius 2 is 2.08 bits per heavy atom. The van der Waals surface area contributed by atoms with Crippen LogP contribution in [0, 0.1) is 0 Å². The van der Waals surface area contributed by atoms with E-state index in [0.29, 0.717) is 0 Å². The predicted molar refractivity (Wildman–Crippen MR) is 99.6 cm³/mol. The normalized spacial score (nSPS) is 13.0. The Hall–Kier alpha value is -2.05. The zero-order valence-electron chi connectivity index (χ0n) is 13.3. The number of amides is 1. The van der Waals surface area contributed by atoms with E-state index >= 15 is 0 Å². The Morgan fingerprint density at radius 3 is 2.88 bits per heavy atom. The molecule has 6 heteroatoms. The number of hydrogen-bond acceptors (Lipinski definition) is 4. The van der Waals surface area contributed by atoms with Crippen LogP contribution in [0.4, 0.5) is 5.82 Å². The fourth-order valence-corrected chi connectivity index (χ4v) is 4.71. The number of aromatic nitrogens is 2. The van der Waals surface area contributed by atoms with E-state index in [1.165, 1.54) is 16.9 Å². The quantitative estimate of drug-likeness (QED) is 0.706. The first-order chi connectivity index (χ1) is 11.8. The number of carbonyl (C=O) groups excluding carboxylic acids is 1. The molecule has 0 unspecified atom stereocenters. The van der Waals surface area contributed by atoms with Gasteiger partial charge in [0.15, 0.2) is 0 Å². The van der Waals surface area contributed by atoms with Gasteiger partial charge in [-0.25, -0.2) is 4.68 Å². The second kappa shape index (κ2) is 6.45. The largest absolute Gasteiger partial charge is 0.305 e. The van der Waals surface area contributed by atoms with Crippen LogP contribution < -0.4 is 5.32 Å². The van der Waals surface area contributed by atoms with E-state index in [9.17, 15) is 4.79 Å². The van der Waals surface area contributed by atoms with Crippen molar-refractivity contribution in [1.82, 2.24) is 9.78 Å². The molecule has 1 aromatic carbocycles. The Kier molecular flexibility index (Phi) is 4.16. The van der Waals surface area contributed by atoms with Crippen LogP contribution in [0.3, 0.4) is 0 Å². The second-order valence-corrected chi connectivity index (χ2v) is 7.41. The monoisotopic (exact) mass is 355 g/mol. The number of aryl methyl sites for hydroxylation is 1. The summed E-state index contributed by atoms with van der Waals surface area (Å²) in [5.74, 6) is 0.764. The highest BCUT2D eigenvalue weighted by Gasteiger charge is 2.25. The number of nitrogens with zero attached hydrogens (tertiary/aromatic N) is 2. The van der Waals surface area contributed by atoms with Gasteiger partial charge >= 0.3 is 0 Å². The summed E-state index contributed by atoms with van der Waals surface area (Å²) in [6.45, 7) is 0. The van der Waals surface area contributed by atoms with Gasteiger partial charge in [-0.15, -0.1) is 23.1 Å². The van der Waals surface area contributed by atoms with Crippen molar-refractivity contribution in [3.05, 3.63) is 57.9 Å². The fraction of sp³-hybridized carbons (Fsp3) is 0.222. The first kappa shape index (κ1) is 15.5. The molecule has 1 aliphatic rings. The first-order valence-corrected chi connectivity index (χ1v) is 9.97. The van der Waals surface area contributed by atoms with Crippen LogP contribution in [-0.2, 0) is 12.8 Å². The number of thioether (sulfide) groups is 1. The van der Waals surface area contributed by atoms with Crippen LogP contribution >= 0.6 is 23.1 Å². The molecule has 1 N–H and O–H groups in total. The number of nitrogens with one attached hydrogen (secondary N) is 1. The van der Waals surface area contributed by atoms with Gasteiger partial charge < -0.3 is 5.32 Å². The minimum absolute atomic E-state index is 0.0545. The minimum atomic E-state index is -0.0545. The smallest absolute Gasteiger partial charge is 0.268 e. The lowest BCUT2D eigenvalue weighted by Gasteiger charge is -2.11. The lowest BCUT2D eigenvalue weighted by Crippen LogP contribution is -2.15. The average Bonchev–Trinajstić information content (AvgIpc) is 3.32. The third-order valence-electron chi connectivity index (χ3n) is 4.20. The molecule has 122 valence electrons. The van der Waals surface area contributed by atoms with Crippen molar-refractivity contribution in [1.29, 1.82) is 0 Å². The molecule has 0 spiro atoms. The van der Waals surface area contributed by atoms with Crippen molar-refractivity contribution in [2.75, 3.05) is 11.6 Å². The van der Waals surface area contributed by atoms with Crippen LogP contribution in [0.15, 0.2) is 46.7 Å². The zero-order chi connectivity index (χ0) is 16.5. The molecule has 1 amide bonds. The van der Waals surface area contributed by atoms with Crippen molar-refractivity contribution < 1.29 is 4.79 Å². The van der Waals surface area contributed by atoms with E-state index in [2.05, 4.69) is 5.32 Å². The summed E-state index contributed by atoms with van der Waals surface area (Å²) in [5.41, 5.74) is 3.25. The maximum atomic E-state index is 12.8. The number of para-hydroxylation sites is 1. The molecule has 1 aliphatic carbocycles. The number of thiophene rings is 1. The number of rotatable bonds is 4. The summed E-state index contributed by atoms with van der Waals surface area (Å²) in [4.78, 5) is 14.6. The number of fused-ring (bicyclic) bond motifs is 1. The number of benzene rings is 1. The molecule has 0 aliphatic heterocycles. The van der Waals surface area contributed by atoms with Gasteiger partial charge in [0, 0.05) is 10.5 Å². The maximum Gasteiger partial charge on any atom is 0.268 e. The molecule has 3 aromatic rings. The van der Waals surface area contributed by atoms with Crippen molar-refractivity contribution in [2.45, 2.75) is 24.2 Å². The molecule has 0 atom stereocenters. The van der Waals surface area contributed by atoms with E-state index < -0.39 is 0 Å². The van der Waals surface area contributed by atoms with E-state index in [4.69, 9.17) is 5.10 Å². The SMILES string of the molecule is CSc1ccsc1C(=O)Nc1c2c(nn1-c1ccccc1)CCC2. The van der Waals surface area contributed by atoms with Gasteiger partial charge in [-0.3, -0.25) is 4.79 Å². The van der Waals surface area contributed by atoms with Crippen molar-refractivity contribution >= 4 is 34.8 Å². The van der Waals surface area contributed by atoms with Crippen LogP contribution in [-0.4, -0.2) is 21.9 Å². The van der Waals surface area contributed by atoms with Gasteiger partial charge in [0.1, 0.15) is 10.7 Å². The van der Waals surface area contributed by atoms with Crippen LogP contribution in [0.25, 0.3) is 5.69 Å². The lowest BCUT2D eigenvalue weighted by atomic mass is 10.2. The standard InChI is InChI=1S/C18H17N3OS2/c1-23-15-10-11-24-16(15)18(22)19-17-13-8-5-9-14(13)20-21(17)12-6-3-2-4-7-12/h2-4,6-7,10-11H,5,8-9H2,1H3,(H,19,22). The third-order valence-corrected chi connectivity index (χ3v) is 6.02. The summed E-state index contributed by atoms with van der Waals surface area (Å²) in [6.07, 6.45) is 5.04. The van der Waals surface area contributed by atoms with Gasteiger partial charge in [0.25, 0.3) is 5.91 Å². The molecular weight excluding hydrogens is 338 g/mol. The first-order valence-electron chi connectivity index (χ1n) is 7.87. The summed E-state index contributed by atoms with van der Waals surface area (Å²) in [5, 5.41) is 9.82. The summed E-state index contributed by atoms with van der Waals surface area (Å²) in [7, 11) is 0. The highest BCUT2D eigenvalue weighted by Crippen LogP contribution is 2.32. The molecule has 0 radical (unpaired) electrons. The van der Waals surface area contributed by atoms with E-state index in [-0.39, 0.29) is 5.91 Å². The van der Waals surface area contributed by atoms with Crippen LogP contribution in [0.2, 0.25) is 0 Å². The van der Waals surface area contributed by atoms with Gasteiger partial charge in [-0.2, -0.15) is 5.10 Å². The van der Waals surface area contributed by atoms with Crippen molar-refractivity contribution in [3.8, 4) is 5.69 Å². The lowest BCUT2D eigenvalue weighted by molar-refractivity contribution is 0.102. The van der Waals surface area contributed by atoms with E-state index in [1.54, 1.807) is 11.8 Å². The Balaban J connectivity index is 1.74. The Morgan fingerprint density at radius 1 is 1.25 bits per heavy atom. The number of anilines is 1. The number of hydrogen-bond donors (Lipinski definition) is 1. The highest BCUT2D eigenvalue weighted by molar-refractivity contribution is 7.98. The summed E-state index contributed by atoms with van der Waals surface area (Å²) in [6, 6.07) is 12.0. The van der Waals surface area contributed by atoms with Crippen molar-refractivity contribution in [3.63, 3.8) is 0 Å². The van der Waals surface area contributed by atoms with Gasteiger partial charge in [0.2, 0.25) is 0 Å². The highest BCUT2D eigenvalue weighted by atomic mass is 32.2. The molecule has 0 saturated carbocycles. The number of carbonyl (C=O) groups is 1. The Bertz CT molecular complexity index is 883. The van der Waals surface area contributed by atoms with Crippen molar-refractivity contribution in [2.24, 2.45) is 0 Å². The molecule has 0 bridgehead atoms. The minimum Gasteiger partial charge on any atom is -0.305 e. The molecule has 4 rings (SSSR count). The Labute approximate surface area is 148 Å². The van der Waals surface area contributed by atoms with Crippen LogP contribution in [0.1, 0.15) is 27.3 Å². The summed E-state index contributed by atoms with van der Waals surface area (Å²) < 4.78 is 1.87. The molecular formula is C18H17N3OS2. The molecule has 4 nitrogen and oxygen atoms in total. The topological polar surface area (TPSA) is 46.9 Å². The van der Waals surface area contributed by atoms with Gasteiger partial charge in [-0.05, 0) is 49.1 Å². The van der Waals surface area contributed by atoms with Gasteiger partial charge in [0.05, 0.1) is 11.4 Å². The van der Waals surface area contributed by atoms with E-state index in [0.717, 1.165) is 46.2 Å². The molecule has 0 fully saturated rings. The molecule has 24 heavy (non-hydrogen) atoms. The molecule has 0 saturated heterocycles. The predicted octanol–water partition coefficient (Wildman–Crippen LogP) is 4.40. The fourth-order valence-electron chi connectivity index (χ4n) is 3.06. The van der Waals surface area contributed by atoms with Gasteiger partial charge in [-0.1, -0.05) is 18.2 Å². The third kappa shape index (κ3) is 2.65. The second-order valence-electron chi connectivity index (χ2n) is 5.65. The maximum absolute atomic E-state index is 12.8. The average molecular weight is 355 g/mol. The van der Waals surface area contributed by atoms with Crippen LogP contribution in [0.5, 0.6) is 0 Å². The molecule has 2 heterocycles. The van der Waals surface area contributed by atoms with E-state index in [1.807, 2.05) is 52.7 Å². The zero-order valence-corrected chi connectivity index (χ0v) is 14.9. The summed E-state index contributed by atoms with van der Waals surface area (Å²) >= 11 is 3.07. The molecule has 2 aromatic heterocycles.